The van der Waals surface area contributed by atoms with Crippen molar-refractivity contribution < 1.29 is 14.3 Å². The van der Waals surface area contributed by atoms with Crippen molar-refractivity contribution in [3.8, 4) is 0 Å². The van der Waals surface area contributed by atoms with Crippen molar-refractivity contribution in [2.75, 3.05) is 6.61 Å². The van der Waals surface area contributed by atoms with E-state index >= 15 is 0 Å². The van der Waals surface area contributed by atoms with E-state index in [0.717, 1.165) is 0 Å². The van der Waals surface area contributed by atoms with Gasteiger partial charge in [0.1, 0.15) is 0 Å². The van der Waals surface area contributed by atoms with Crippen LogP contribution in [0.1, 0.15) is 27.7 Å². The Bertz CT molecular complexity index is 189. The standard InChI is InChI=1S/C9H16O3S/c1-5-12-9(11)8(7(4)10)13-6(2)3/h6,8H,5H2,1-4H3. The summed E-state index contributed by atoms with van der Waals surface area (Å²) in [6.07, 6.45) is 0. The van der Waals surface area contributed by atoms with Gasteiger partial charge in [-0.1, -0.05) is 13.8 Å². The Balaban J connectivity index is 4.24. The molecule has 0 aromatic carbocycles. The number of thioether (sulfide) groups is 1. The van der Waals surface area contributed by atoms with Crippen LogP contribution in [0.2, 0.25) is 0 Å². The lowest BCUT2D eigenvalue weighted by Crippen LogP contribution is -2.28. The van der Waals surface area contributed by atoms with E-state index in [0.29, 0.717) is 6.61 Å². The van der Waals surface area contributed by atoms with Gasteiger partial charge in [-0.2, -0.15) is 0 Å². The van der Waals surface area contributed by atoms with Gasteiger partial charge < -0.3 is 4.74 Å². The average Bonchev–Trinajstić information content (AvgIpc) is 1.99. The lowest BCUT2D eigenvalue weighted by Gasteiger charge is -2.13. The van der Waals surface area contributed by atoms with Crippen LogP contribution in [0, 0.1) is 0 Å². The Hall–Kier alpha value is -0.510. The summed E-state index contributed by atoms with van der Waals surface area (Å²) in [7, 11) is 0. The van der Waals surface area contributed by atoms with Crippen molar-refractivity contribution in [1.82, 2.24) is 0 Å². The van der Waals surface area contributed by atoms with Gasteiger partial charge in [-0.25, -0.2) is 0 Å². The zero-order chi connectivity index (χ0) is 10.4. The second-order valence-corrected chi connectivity index (χ2v) is 4.61. The van der Waals surface area contributed by atoms with Crippen molar-refractivity contribution in [1.29, 1.82) is 0 Å². The van der Waals surface area contributed by atoms with Crippen molar-refractivity contribution in [3.05, 3.63) is 0 Å². The summed E-state index contributed by atoms with van der Waals surface area (Å²) < 4.78 is 4.79. The number of ether oxygens (including phenoxy) is 1. The number of carbonyl (C=O) groups is 2. The second kappa shape index (κ2) is 6.02. The number of hydrogen-bond acceptors (Lipinski definition) is 4. The molecule has 1 atom stereocenters. The first kappa shape index (κ1) is 12.5. The minimum Gasteiger partial charge on any atom is -0.465 e. The Morgan fingerprint density at radius 1 is 1.38 bits per heavy atom. The van der Waals surface area contributed by atoms with E-state index in [1.165, 1.54) is 18.7 Å². The maximum absolute atomic E-state index is 11.3. The Labute approximate surface area is 83.2 Å². The predicted octanol–water partition coefficient (Wildman–Crippen LogP) is 1.65. The summed E-state index contributed by atoms with van der Waals surface area (Å²) in [5.74, 6) is -0.564. The number of esters is 1. The predicted molar refractivity (Wildman–Crippen MR) is 53.8 cm³/mol. The summed E-state index contributed by atoms with van der Waals surface area (Å²) in [5.41, 5.74) is 0. The van der Waals surface area contributed by atoms with E-state index < -0.39 is 11.2 Å². The number of Topliss-reactive ketones (excluding diaryl/α,β-unsaturated/α-hetero) is 1. The van der Waals surface area contributed by atoms with Crippen LogP contribution in [0.4, 0.5) is 0 Å². The molecule has 0 aromatic heterocycles. The van der Waals surface area contributed by atoms with Crippen LogP contribution in [-0.2, 0) is 14.3 Å². The minimum absolute atomic E-state index is 0.142. The lowest BCUT2D eigenvalue weighted by atomic mass is 10.3. The van der Waals surface area contributed by atoms with Crippen LogP contribution in [0.5, 0.6) is 0 Å². The van der Waals surface area contributed by atoms with E-state index in [9.17, 15) is 9.59 Å². The number of rotatable bonds is 5. The SMILES string of the molecule is CCOC(=O)C(SC(C)C)C(C)=O. The molecule has 0 aliphatic heterocycles. The van der Waals surface area contributed by atoms with Gasteiger partial charge >= 0.3 is 5.97 Å². The molecule has 0 aliphatic rings. The first-order chi connectivity index (χ1) is 5.99. The van der Waals surface area contributed by atoms with Crippen LogP contribution in [0.15, 0.2) is 0 Å². The maximum atomic E-state index is 11.3. The van der Waals surface area contributed by atoms with Gasteiger partial charge in [0, 0.05) is 5.25 Å². The highest BCUT2D eigenvalue weighted by Crippen LogP contribution is 2.19. The number of hydrogen-bond donors (Lipinski definition) is 0. The summed E-state index contributed by atoms with van der Waals surface area (Å²) in [6, 6.07) is 0. The van der Waals surface area contributed by atoms with Gasteiger partial charge in [-0.05, 0) is 13.8 Å². The van der Waals surface area contributed by atoms with Gasteiger partial charge in [0.15, 0.2) is 11.0 Å². The fraction of sp³-hybridized carbons (Fsp3) is 0.778. The molecule has 0 saturated carbocycles. The number of ketones is 1. The fourth-order valence-electron chi connectivity index (χ4n) is 0.807. The molecule has 0 N–H and O–H groups in total. The minimum atomic E-state index is -0.653. The Morgan fingerprint density at radius 3 is 2.23 bits per heavy atom. The lowest BCUT2D eigenvalue weighted by molar-refractivity contribution is -0.144. The van der Waals surface area contributed by atoms with Gasteiger partial charge in [0.25, 0.3) is 0 Å². The molecular weight excluding hydrogens is 188 g/mol. The summed E-state index contributed by atoms with van der Waals surface area (Å²) in [5, 5.41) is -0.404. The van der Waals surface area contributed by atoms with Crippen LogP contribution in [-0.4, -0.2) is 28.9 Å². The maximum Gasteiger partial charge on any atom is 0.326 e. The molecule has 0 saturated heterocycles. The highest BCUT2D eigenvalue weighted by molar-refractivity contribution is 8.01. The third-order valence-corrected chi connectivity index (χ3v) is 2.62. The summed E-state index contributed by atoms with van der Waals surface area (Å²) >= 11 is 1.33. The Morgan fingerprint density at radius 2 is 1.92 bits per heavy atom. The molecule has 1 unspecified atom stereocenters. The molecule has 3 nitrogen and oxygen atoms in total. The largest absolute Gasteiger partial charge is 0.465 e. The van der Waals surface area contributed by atoms with E-state index in [2.05, 4.69) is 0 Å². The van der Waals surface area contributed by atoms with Gasteiger partial charge in [0.05, 0.1) is 6.61 Å². The van der Waals surface area contributed by atoms with Gasteiger partial charge in [-0.15, -0.1) is 11.8 Å². The quantitative estimate of drug-likeness (QED) is 0.504. The zero-order valence-electron chi connectivity index (χ0n) is 8.49. The molecule has 4 heteroatoms. The second-order valence-electron chi connectivity index (χ2n) is 2.93. The highest BCUT2D eigenvalue weighted by Gasteiger charge is 2.25. The summed E-state index contributed by atoms with van der Waals surface area (Å²) in [6.45, 7) is 7.35. The highest BCUT2D eigenvalue weighted by atomic mass is 32.2. The Kier molecular flexibility index (Phi) is 5.79. The molecule has 76 valence electrons. The van der Waals surface area contributed by atoms with E-state index in [1.807, 2.05) is 13.8 Å². The van der Waals surface area contributed by atoms with Crippen molar-refractivity contribution in [2.45, 2.75) is 38.2 Å². The van der Waals surface area contributed by atoms with Crippen LogP contribution in [0.3, 0.4) is 0 Å². The summed E-state index contributed by atoms with van der Waals surface area (Å²) in [4.78, 5) is 22.3. The van der Waals surface area contributed by atoms with Gasteiger partial charge in [0.2, 0.25) is 0 Å². The third kappa shape index (κ3) is 4.93. The van der Waals surface area contributed by atoms with Crippen LogP contribution >= 0.6 is 11.8 Å². The molecular formula is C9H16O3S. The molecule has 0 fully saturated rings. The smallest absolute Gasteiger partial charge is 0.326 e. The van der Waals surface area contributed by atoms with Crippen molar-refractivity contribution in [3.63, 3.8) is 0 Å². The van der Waals surface area contributed by atoms with Gasteiger partial charge in [-0.3, -0.25) is 9.59 Å². The van der Waals surface area contributed by atoms with Crippen LogP contribution < -0.4 is 0 Å². The van der Waals surface area contributed by atoms with E-state index in [4.69, 9.17) is 4.74 Å². The molecule has 13 heavy (non-hydrogen) atoms. The number of carbonyl (C=O) groups excluding carboxylic acids is 2. The van der Waals surface area contributed by atoms with Crippen molar-refractivity contribution in [2.24, 2.45) is 0 Å². The molecule has 0 amide bonds. The molecule has 0 aromatic rings. The average molecular weight is 204 g/mol. The molecule has 0 rings (SSSR count). The van der Waals surface area contributed by atoms with E-state index in [1.54, 1.807) is 6.92 Å². The fourth-order valence-corrected chi connectivity index (χ4v) is 1.72. The van der Waals surface area contributed by atoms with E-state index in [-0.39, 0.29) is 11.0 Å². The monoisotopic (exact) mass is 204 g/mol. The topological polar surface area (TPSA) is 43.4 Å². The van der Waals surface area contributed by atoms with Crippen LogP contribution in [0.25, 0.3) is 0 Å². The first-order valence-electron chi connectivity index (χ1n) is 4.31. The van der Waals surface area contributed by atoms with Crippen molar-refractivity contribution >= 4 is 23.5 Å². The first-order valence-corrected chi connectivity index (χ1v) is 5.25. The molecule has 0 bridgehead atoms. The molecule has 0 heterocycles. The molecule has 0 spiro atoms. The molecule has 0 radical (unpaired) electrons. The third-order valence-electron chi connectivity index (χ3n) is 1.28. The normalized spacial score (nSPS) is 12.7. The zero-order valence-corrected chi connectivity index (χ0v) is 9.31. The molecule has 0 aliphatic carbocycles.